The third-order valence-electron chi connectivity index (χ3n) is 7.32. The predicted octanol–water partition coefficient (Wildman–Crippen LogP) is 4.80. The summed E-state index contributed by atoms with van der Waals surface area (Å²) in [7, 11) is 0. The van der Waals surface area contributed by atoms with Gasteiger partial charge in [0.05, 0.1) is 37.2 Å². The minimum atomic E-state index is -0.220. The van der Waals surface area contributed by atoms with Crippen LogP contribution >= 0.6 is 0 Å². The van der Waals surface area contributed by atoms with Crippen molar-refractivity contribution in [2.75, 3.05) is 31.3 Å². The molecule has 0 bridgehead atoms. The van der Waals surface area contributed by atoms with Crippen molar-refractivity contribution in [2.45, 2.75) is 72.6 Å². The maximum atomic E-state index is 13.7. The first-order chi connectivity index (χ1) is 20.8. The van der Waals surface area contributed by atoms with Gasteiger partial charge in [0.1, 0.15) is 11.5 Å². The second-order valence-electron chi connectivity index (χ2n) is 11.3. The summed E-state index contributed by atoms with van der Waals surface area (Å²) in [6.45, 7) is 10.4. The molecule has 0 radical (unpaired) electrons. The number of carbonyl (C=O) groups excluding carboxylic acids is 3. The van der Waals surface area contributed by atoms with Crippen molar-refractivity contribution in [3.8, 4) is 22.5 Å². The normalized spacial score (nSPS) is 12.4. The van der Waals surface area contributed by atoms with E-state index in [9.17, 15) is 14.4 Å². The fourth-order valence-electron chi connectivity index (χ4n) is 5.00. The van der Waals surface area contributed by atoms with E-state index in [0.29, 0.717) is 45.9 Å². The van der Waals surface area contributed by atoms with E-state index in [0.717, 1.165) is 40.2 Å². The number of aromatic nitrogens is 3. The summed E-state index contributed by atoms with van der Waals surface area (Å²) in [5, 5.41) is 11.9. The number of anilines is 1. The van der Waals surface area contributed by atoms with Gasteiger partial charge < -0.3 is 19.7 Å². The Balaban J connectivity index is 1.44. The largest absolute Gasteiger partial charge is 0.379 e. The van der Waals surface area contributed by atoms with E-state index in [1.807, 2.05) is 80.9 Å². The smallest absolute Gasteiger partial charge is 0.227 e. The highest BCUT2D eigenvalue weighted by Gasteiger charge is 2.29. The van der Waals surface area contributed by atoms with E-state index in [4.69, 9.17) is 9.47 Å². The fraction of sp³-hybridized carbons (Fsp3) is 0.485. The molecule has 0 fully saturated rings. The predicted molar refractivity (Wildman–Crippen MR) is 165 cm³/mol. The maximum absolute atomic E-state index is 13.7. The van der Waals surface area contributed by atoms with Gasteiger partial charge in [-0.15, -0.1) is 5.10 Å². The van der Waals surface area contributed by atoms with Crippen molar-refractivity contribution < 1.29 is 23.9 Å². The molecule has 1 aliphatic rings. The zero-order valence-electron chi connectivity index (χ0n) is 25.7. The molecule has 10 nitrogen and oxygen atoms in total. The fourth-order valence-corrected chi connectivity index (χ4v) is 5.00. The standard InChI is InChI=1S/C33H43N5O5/c1-23(2)29(39)16-20-42-21-17-34-30(40)14-15-31(41)37-22-25-10-5-6-11-26(25)33-32(27-12-7-8-13-28(27)37)35-36-38(33)18-9-19-43-24(3)4/h5-8,10-13,23-24H,9,14-22H2,1-4H3,(H,34,40). The molecule has 2 heterocycles. The third-order valence-corrected chi connectivity index (χ3v) is 7.32. The van der Waals surface area contributed by atoms with Gasteiger partial charge in [0.25, 0.3) is 0 Å². The van der Waals surface area contributed by atoms with Crippen molar-refractivity contribution in [1.29, 1.82) is 0 Å². The molecule has 0 saturated carbocycles. The van der Waals surface area contributed by atoms with Crippen LogP contribution < -0.4 is 10.2 Å². The summed E-state index contributed by atoms with van der Waals surface area (Å²) >= 11 is 0. The molecule has 0 aliphatic carbocycles. The second-order valence-corrected chi connectivity index (χ2v) is 11.3. The van der Waals surface area contributed by atoms with Gasteiger partial charge in [0.15, 0.2) is 0 Å². The first-order valence-electron chi connectivity index (χ1n) is 15.2. The Morgan fingerprint density at radius 1 is 0.907 bits per heavy atom. The molecule has 10 heteroatoms. The molecule has 0 saturated heterocycles. The Bertz CT molecular complexity index is 1400. The molecule has 1 aliphatic heterocycles. The van der Waals surface area contributed by atoms with Crippen LogP contribution in [0, 0.1) is 5.92 Å². The molecule has 3 aromatic rings. The topological polar surface area (TPSA) is 116 Å². The summed E-state index contributed by atoms with van der Waals surface area (Å²) in [5.41, 5.74) is 5.16. The number of carbonyl (C=O) groups is 3. The number of benzene rings is 2. The minimum Gasteiger partial charge on any atom is -0.379 e. The Kier molecular flexibility index (Phi) is 11.6. The Morgan fingerprint density at radius 2 is 1.65 bits per heavy atom. The zero-order chi connectivity index (χ0) is 30.8. The van der Waals surface area contributed by atoms with Gasteiger partial charge in [-0.25, -0.2) is 4.68 Å². The molecule has 2 aromatic carbocycles. The lowest BCUT2D eigenvalue weighted by molar-refractivity contribution is -0.125. The summed E-state index contributed by atoms with van der Waals surface area (Å²) in [5.74, 6) is -0.222. The van der Waals surface area contributed by atoms with Crippen LogP contribution in [-0.4, -0.2) is 65.1 Å². The van der Waals surface area contributed by atoms with Gasteiger partial charge in [-0.05, 0) is 31.9 Å². The van der Waals surface area contributed by atoms with Gasteiger partial charge in [0.2, 0.25) is 11.8 Å². The van der Waals surface area contributed by atoms with Crippen molar-refractivity contribution in [2.24, 2.45) is 5.92 Å². The van der Waals surface area contributed by atoms with Crippen molar-refractivity contribution >= 4 is 23.3 Å². The zero-order valence-corrected chi connectivity index (χ0v) is 25.7. The number of para-hydroxylation sites is 1. The Morgan fingerprint density at radius 3 is 2.42 bits per heavy atom. The van der Waals surface area contributed by atoms with E-state index in [1.165, 1.54) is 0 Å². The molecule has 0 atom stereocenters. The van der Waals surface area contributed by atoms with E-state index in [-0.39, 0.29) is 42.5 Å². The van der Waals surface area contributed by atoms with Crippen LogP contribution in [0.1, 0.15) is 58.9 Å². The number of fused-ring (bicyclic) bond motifs is 5. The summed E-state index contributed by atoms with van der Waals surface area (Å²) in [4.78, 5) is 39.6. The molecule has 43 heavy (non-hydrogen) atoms. The minimum absolute atomic E-state index is 0.00848. The highest BCUT2D eigenvalue weighted by molar-refractivity contribution is 6.01. The lowest BCUT2D eigenvalue weighted by atomic mass is 9.95. The average Bonchev–Trinajstić information content (AvgIpc) is 3.40. The number of amides is 2. The number of hydrogen-bond acceptors (Lipinski definition) is 7. The molecule has 1 N–H and O–H groups in total. The van der Waals surface area contributed by atoms with E-state index >= 15 is 0 Å². The van der Waals surface area contributed by atoms with Crippen LogP contribution in [0.3, 0.4) is 0 Å². The highest BCUT2D eigenvalue weighted by Crippen LogP contribution is 2.41. The average molecular weight is 590 g/mol. The number of nitrogens with one attached hydrogen (secondary N) is 1. The van der Waals surface area contributed by atoms with Gasteiger partial charge in [-0.1, -0.05) is 61.5 Å². The molecule has 0 unspecified atom stereocenters. The molecule has 2 amide bonds. The molecule has 0 spiro atoms. The summed E-state index contributed by atoms with van der Waals surface area (Å²) < 4.78 is 13.1. The second kappa shape index (κ2) is 15.5. The molecular formula is C33H43N5O5. The number of ether oxygens (including phenoxy) is 2. The first kappa shape index (κ1) is 32.0. The van der Waals surface area contributed by atoms with E-state index in [2.05, 4.69) is 15.6 Å². The van der Waals surface area contributed by atoms with Crippen LogP contribution in [0.4, 0.5) is 5.69 Å². The van der Waals surface area contributed by atoms with Crippen molar-refractivity contribution in [1.82, 2.24) is 20.3 Å². The first-order valence-corrected chi connectivity index (χ1v) is 15.2. The number of ketones is 1. The Hall–Kier alpha value is -3.89. The number of nitrogens with zero attached hydrogens (tertiary/aromatic N) is 4. The lowest BCUT2D eigenvalue weighted by Gasteiger charge is -2.28. The third kappa shape index (κ3) is 8.58. The number of aryl methyl sites for hydroxylation is 1. The Labute approximate surface area is 253 Å². The molecule has 4 rings (SSSR count). The molecule has 1 aromatic heterocycles. The highest BCUT2D eigenvalue weighted by atomic mass is 16.5. The van der Waals surface area contributed by atoms with Gasteiger partial charge in [-0.3, -0.25) is 14.4 Å². The van der Waals surface area contributed by atoms with E-state index < -0.39 is 0 Å². The van der Waals surface area contributed by atoms with Gasteiger partial charge in [-0.2, -0.15) is 0 Å². The molecular weight excluding hydrogens is 546 g/mol. The summed E-state index contributed by atoms with van der Waals surface area (Å²) in [6.07, 6.45) is 1.46. The number of Topliss-reactive ketones (excluding diaryl/α,β-unsaturated/α-hetero) is 1. The van der Waals surface area contributed by atoms with Crippen LogP contribution in [0.25, 0.3) is 22.5 Å². The van der Waals surface area contributed by atoms with E-state index in [1.54, 1.807) is 4.90 Å². The van der Waals surface area contributed by atoms with Crippen molar-refractivity contribution in [3.63, 3.8) is 0 Å². The lowest BCUT2D eigenvalue weighted by Crippen LogP contribution is -2.34. The number of rotatable bonds is 15. The van der Waals surface area contributed by atoms with Crippen LogP contribution in [0.15, 0.2) is 48.5 Å². The quantitative estimate of drug-likeness (QED) is 0.253. The van der Waals surface area contributed by atoms with Crippen LogP contribution in [0.5, 0.6) is 0 Å². The number of hydrogen-bond donors (Lipinski definition) is 1. The monoisotopic (exact) mass is 589 g/mol. The SMILES string of the molecule is CC(C)OCCCn1nnc2c1-c1ccccc1CN(C(=O)CCC(=O)NCCOCCC(=O)C(C)C)c1ccccc1-2. The van der Waals surface area contributed by atoms with Gasteiger partial charge in [0, 0.05) is 56.0 Å². The van der Waals surface area contributed by atoms with Gasteiger partial charge >= 0.3 is 0 Å². The van der Waals surface area contributed by atoms with Crippen molar-refractivity contribution in [3.05, 3.63) is 54.1 Å². The van der Waals surface area contributed by atoms with Crippen LogP contribution in [0.2, 0.25) is 0 Å². The van der Waals surface area contributed by atoms with Crippen LogP contribution in [-0.2, 0) is 36.9 Å². The maximum Gasteiger partial charge on any atom is 0.227 e. The molecule has 230 valence electrons. The summed E-state index contributed by atoms with van der Waals surface area (Å²) in [6, 6.07) is 15.7.